The van der Waals surface area contributed by atoms with Crippen molar-refractivity contribution in [3.63, 3.8) is 0 Å². The SMILES string of the molecule is COc1cccc(CNC(=O)c2oc3ccc(Cl)cc3c2C)c1. The number of nitrogens with one attached hydrogen (secondary N) is 1. The molecule has 0 unspecified atom stereocenters. The van der Waals surface area contributed by atoms with Crippen molar-refractivity contribution in [2.45, 2.75) is 13.5 Å². The Kier molecular flexibility index (Phi) is 4.26. The first-order valence-electron chi connectivity index (χ1n) is 7.18. The maximum absolute atomic E-state index is 12.4. The average molecular weight is 330 g/mol. The number of methoxy groups -OCH3 is 1. The van der Waals surface area contributed by atoms with E-state index in [1.807, 2.05) is 31.2 Å². The van der Waals surface area contributed by atoms with Crippen molar-refractivity contribution in [2.24, 2.45) is 0 Å². The number of ether oxygens (including phenoxy) is 1. The topological polar surface area (TPSA) is 51.5 Å². The van der Waals surface area contributed by atoms with E-state index < -0.39 is 0 Å². The van der Waals surface area contributed by atoms with Crippen molar-refractivity contribution < 1.29 is 13.9 Å². The molecule has 0 atom stereocenters. The summed E-state index contributed by atoms with van der Waals surface area (Å²) in [4.78, 5) is 12.4. The number of hydrogen-bond acceptors (Lipinski definition) is 3. The molecule has 23 heavy (non-hydrogen) atoms. The van der Waals surface area contributed by atoms with Gasteiger partial charge in [-0.2, -0.15) is 0 Å². The van der Waals surface area contributed by atoms with Gasteiger partial charge in [0.1, 0.15) is 11.3 Å². The van der Waals surface area contributed by atoms with Crippen LogP contribution < -0.4 is 10.1 Å². The molecule has 3 aromatic rings. The van der Waals surface area contributed by atoms with Gasteiger partial charge in [0.15, 0.2) is 5.76 Å². The van der Waals surface area contributed by atoms with Crippen LogP contribution in [-0.2, 0) is 6.54 Å². The largest absolute Gasteiger partial charge is 0.497 e. The molecule has 0 radical (unpaired) electrons. The molecule has 0 saturated carbocycles. The van der Waals surface area contributed by atoms with Gasteiger partial charge in [0.05, 0.1) is 7.11 Å². The van der Waals surface area contributed by atoms with E-state index in [1.165, 1.54) is 0 Å². The number of halogens is 1. The Hall–Kier alpha value is -2.46. The lowest BCUT2D eigenvalue weighted by Crippen LogP contribution is -2.22. The third-order valence-electron chi connectivity index (χ3n) is 3.69. The lowest BCUT2D eigenvalue weighted by atomic mass is 10.1. The maximum atomic E-state index is 12.4. The molecular formula is C18H16ClNO3. The van der Waals surface area contributed by atoms with Crippen molar-refractivity contribution in [1.82, 2.24) is 5.32 Å². The van der Waals surface area contributed by atoms with Gasteiger partial charge in [-0.3, -0.25) is 4.79 Å². The predicted molar refractivity (Wildman–Crippen MR) is 90.1 cm³/mol. The quantitative estimate of drug-likeness (QED) is 0.775. The summed E-state index contributed by atoms with van der Waals surface area (Å²) in [6.45, 7) is 2.25. The molecule has 0 aliphatic carbocycles. The van der Waals surface area contributed by atoms with E-state index in [1.54, 1.807) is 25.3 Å². The zero-order valence-corrected chi connectivity index (χ0v) is 13.6. The minimum Gasteiger partial charge on any atom is -0.497 e. The van der Waals surface area contributed by atoms with Crippen molar-refractivity contribution >= 4 is 28.5 Å². The molecule has 1 amide bonds. The fourth-order valence-corrected chi connectivity index (χ4v) is 2.63. The van der Waals surface area contributed by atoms with E-state index in [2.05, 4.69) is 5.32 Å². The second kappa shape index (κ2) is 6.34. The van der Waals surface area contributed by atoms with Crippen LogP contribution in [0.1, 0.15) is 21.7 Å². The molecule has 0 aliphatic heterocycles. The molecular weight excluding hydrogens is 314 g/mol. The van der Waals surface area contributed by atoms with E-state index in [4.69, 9.17) is 20.8 Å². The standard InChI is InChI=1S/C18H16ClNO3/c1-11-15-9-13(19)6-7-16(15)23-17(11)18(21)20-10-12-4-3-5-14(8-12)22-2/h3-9H,10H2,1-2H3,(H,20,21). The number of fused-ring (bicyclic) bond motifs is 1. The van der Waals surface area contributed by atoms with Crippen LogP contribution in [0.2, 0.25) is 5.02 Å². The molecule has 0 fully saturated rings. The first-order valence-corrected chi connectivity index (χ1v) is 7.56. The lowest BCUT2D eigenvalue weighted by Gasteiger charge is -2.06. The molecule has 5 heteroatoms. The van der Waals surface area contributed by atoms with E-state index in [-0.39, 0.29) is 5.91 Å². The smallest absolute Gasteiger partial charge is 0.287 e. The number of benzene rings is 2. The Bertz CT molecular complexity index is 870. The highest BCUT2D eigenvalue weighted by Gasteiger charge is 2.17. The van der Waals surface area contributed by atoms with E-state index in [0.717, 1.165) is 22.3 Å². The van der Waals surface area contributed by atoms with Crippen LogP contribution >= 0.6 is 11.6 Å². The van der Waals surface area contributed by atoms with Crippen LogP contribution in [-0.4, -0.2) is 13.0 Å². The Morgan fingerprint density at radius 1 is 1.26 bits per heavy atom. The van der Waals surface area contributed by atoms with Crippen molar-refractivity contribution in [3.8, 4) is 5.75 Å². The number of aryl methyl sites for hydroxylation is 1. The minimum absolute atomic E-state index is 0.252. The van der Waals surface area contributed by atoms with E-state index in [9.17, 15) is 4.79 Å². The van der Waals surface area contributed by atoms with Crippen molar-refractivity contribution in [1.29, 1.82) is 0 Å². The van der Waals surface area contributed by atoms with Gasteiger partial charge >= 0.3 is 0 Å². The zero-order valence-electron chi connectivity index (χ0n) is 12.9. The molecule has 0 bridgehead atoms. The van der Waals surface area contributed by atoms with Crippen LogP contribution in [0.5, 0.6) is 5.75 Å². The number of carbonyl (C=O) groups is 1. The normalized spacial score (nSPS) is 10.7. The molecule has 2 aromatic carbocycles. The number of amides is 1. The van der Waals surface area contributed by atoms with Crippen LogP contribution in [0.15, 0.2) is 46.9 Å². The lowest BCUT2D eigenvalue weighted by molar-refractivity contribution is 0.0924. The summed E-state index contributed by atoms with van der Waals surface area (Å²) in [5.41, 5.74) is 2.39. The van der Waals surface area contributed by atoms with Crippen LogP contribution in [0.3, 0.4) is 0 Å². The van der Waals surface area contributed by atoms with Gasteiger partial charge in [0.25, 0.3) is 5.91 Å². The van der Waals surface area contributed by atoms with Gasteiger partial charge < -0.3 is 14.5 Å². The summed E-state index contributed by atoms with van der Waals surface area (Å²) in [6.07, 6.45) is 0. The van der Waals surface area contributed by atoms with Gasteiger partial charge in [-0.1, -0.05) is 23.7 Å². The van der Waals surface area contributed by atoms with Crippen LogP contribution in [0.25, 0.3) is 11.0 Å². The third-order valence-corrected chi connectivity index (χ3v) is 3.93. The molecule has 118 valence electrons. The first-order chi connectivity index (χ1) is 11.1. The second-order valence-corrected chi connectivity index (χ2v) is 5.67. The van der Waals surface area contributed by atoms with Gasteiger partial charge in [-0.15, -0.1) is 0 Å². The average Bonchev–Trinajstić information content (AvgIpc) is 2.89. The summed E-state index contributed by atoms with van der Waals surface area (Å²) < 4.78 is 10.8. The Morgan fingerprint density at radius 2 is 2.09 bits per heavy atom. The summed E-state index contributed by atoms with van der Waals surface area (Å²) in [5.74, 6) is 0.814. The molecule has 1 N–H and O–H groups in total. The summed E-state index contributed by atoms with van der Waals surface area (Å²) in [5, 5.41) is 4.33. The number of hydrogen-bond donors (Lipinski definition) is 1. The highest BCUT2D eigenvalue weighted by Crippen LogP contribution is 2.27. The van der Waals surface area contributed by atoms with Crippen molar-refractivity contribution in [3.05, 3.63) is 64.4 Å². The number of furan rings is 1. The summed E-state index contributed by atoms with van der Waals surface area (Å²) >= 11 is 6.00. The zero-order chi connectivity index (χ0) is 16.4. The third kappa shape index (κ3) is 3.17. The Labute approximate surface area is 139 Å². The van der Waals surface area contributed by atoms with Crippen LogP contribution in [0.4, 0.5) is 0 Å². The number of carbonyl (C=O) groups excluding carboxylic acids is 1. The van der Waals surface area contributed by atoms with Crippen LogP contribution in [0, 0.1) is 6.92 Å². The molecule has 1 heterocycles. The fourth-order valence-electron chi connectivity index (χ4n) is 2.45. The van der Waals surface area contributed by atoms with Gasteiger partial charge in [0, 0.05) is 22.5 Å². The second-order valence-electron chi connectivity index (χ2n) is 5.23. The molecule has 1 aromatic heterocycles. The highest BCUT2D eigenvalue weighted by molar-refractivity contribution is 6.31. The summed E-state index contributed by atoms with van der Waals surface area (Å²) in [7, 11) is 1.61. The van der Waals surface area contributed by atoms with Gasteiger partial charge in [0.2, 0.25) is 0 Å². The Balaban J connectivity index is 1.79. The molecule has 0 aliphatic rings. The monoisotopic (exact) mass is 329 g/mol. The van der Waals surface area contributed by atoms with E-state index in [0.29, 0.717) is 22.9 Å². The molecule has 0 spiro atoms. The van der Waals surface area contributed by atoms with E-state index >= 15 is 0 Å². The maximum Gasteiger partial charge on any atom is 0.287 e. The van der Waals surface area contributed by atoms with Gasteiger partial charge in [-0.05, 0) is 42.8 Å². The Morgan fingerprint density at radius 3 is 2.87 bits per heavy atom. The fraction of sp³-hybridized carbons (Fsp3) is 0.167. The highest BCUT2D eigenvalue weighted by atomic mass is 35.5. The first kappa shape index (κ1) is 15.4. The predicted octanol–water partition coefficient (Wildman–Crippen LogP) is 4.33. The van der Waals surface area contributed by atoms with Gasteiger partial charge in [-0.25, -0.2) is 0 Å². The molecule has 4 nitrogen and oxygen atoms in total. The summed E-state index contributed by atoms with van der Waals surface area (Å²) in [6, 6.07) is 12.9. The molecule has 0 saturated heterocycles. The molecule has 3 rings (SSSR count). The minimum atomic E-state index is -0.252. The number of rotatable bonds is 4. The van der Waals surface area contributed by atoms with Crippen molar-refractivity contribution in [2.75, 3.05) is 7.11 Å².